The van der Waals surface area contributed by atoms with Crippen LogP contribution in [0.25, 0.3) is 21.3 Å². The predicted molar refractivity (Wildman–Crippen MR) is 58.4 cm³/mol. The van der Waals surface area contributed by atoms with E-state index >= 15 is 0 Å². The number of benzene rings is 1. The SMILES string of the molecule is Cc1nc2c(ccc3nc(N)sc32)[nH]1. The number of thiazole rings is 1. The number of nitrogen functional groups attached to an aromatic ring is 1. The Labute approximate surface area is 83.8 Å². The van der Waals surface area contributed by atoms with Crippen LogP contribution >= 0.6 is 11.3 Å². The smallest absolute Gasteiger partial charge is 0.181 e. The van der Waals surface area contributed by atoms with Gasteiger partial charge in [-0.3, -0.25) is 0 Å². The van der Waals surface area contributed by atoms with E-state index in [0.29, 0.717) is 5.13 Å². The summed E-state index contributed by atoms with van der Waals surface area (Å²) < 4.78 is 1.06. The molecule has 0 aliphatic heterocycles. The van der Waals surface area contributed by atoms with Crippen molar-refractivity contribution in [2.75, 3.05) is 5.73 Å². The Morgan fingerprint density at radius 1 is 1.36 bits per heavy atom. The minimum Gasteiger partial charge on any atom is -0.375 e. The second kappa shape index (κ2) is 2.45. The normalized spacial score (nSPS) is 11.5. The van der Waals surface area contributed by atoms with Gasteiger partial charge in [0.15, 0.2) is 5.13 Å². The number of aryl methyl sites for hydroxylation is 1. The van der Waals surface area contributed by atoms with Crippen LogP contribution in [-0.4, -0.2) is 15.0 Å². The highest BCUT2D eigenvalue weighted by Gasteiger charge is 2.08. The van der Waals surface area contributed by atoms with E-state index < -0.39 is 0 Å². The number of nitrogens with two attached hydrogens (primary N) is 1. The number of aromatic nitrogens is 3. The van der Waals surface area contributed by atoms with E-state index in [2.05, 4.69) is 15.0 Å². The molecule has 70 valence electrons. The first kappa shape index (κ1) is 7.75. The number of fused-ring (bicyclic) bond motifs is 3. The van der Waals surface area contributed by atoms with Crippen LogP contribution in [0.1, 0.15) is 5.82 Å². The van der Waals surface area contributed by atoms with Crippen molar-refractivity contribution in [2.45, 2.75) is 6.92 Å². The average Bonchev–Trinajstić information content (AvgIpc) is 2.65. The monoisotopic (exact) mass is 204 g/mol. The van der Waals surface area contributed by atoms with E-state index in [1.807, 2.05) is 19.1 Å². The molecular formula is C9H8N4S. The highest BCUT2D eigenvalue weighted by atomic mass is 32.1. The van der Waals surface area contributed by atoms with Crippen molar-refractivity contribution in [1.29, 1.82) is 0 Å². The molecule has 2 aromatic heterocycles. The van der Waals surface area contributed by atoms with Crippen molar-refractivity contribution in [3.63, 3.8) is 0 Å². The fourth-order valence-electron chi connectivity index (χ4n) is 1.60. The van der Waals surface area contributed by atoms with Crippen molar-refractivity contribution in [2.24, 2.45) is 0 Å². The van der Waals surface area contributed by atoms with E-state index in [4.69, 9.17) is 5.73 Å². The van der Waals surface area contributed by atoms with Gasteiger partial charge >= 0.3 is 0 Å². The van der Waals surface area contributed by atoms with Gasteiger partial charge in [0.1, 0.15) is 11.3 Å². The molecule has 0 fully saturated rings. The van der Waals surface area contributed by atoms with Gasteiger partial charge in [0.2, 0.25) is 0 Å². The summed E-state index contributed by atoms with van der Waals surface area (Å²) in [5.74, 6) is 0.916. The number of aromatic amines is 1. The molecule has 0 aliphatic carbocycles. The first-order valence-electron chi connectivity index (χ1n) is 4.25. The van der Waals surface area contributed by atoms with Gasteiger partial charge in [0.25, 0.3) is 0 Å². The fourth-order valence-corrected chi connectivity index (χ4v) is 2.42. The van der Waals surface area contributed by atoms with Crippen LogP contribution in [0, 0.1) is 6.92 Å². The number of imidazole rings is 1. The molecular weight excluding hydrogens is 196 g/mol. The summed E-state index contributed by atoms with van der Waals surface area (Å²) in [7, 11) is 0. The largest absolute Gasteiger partial charge is 0.375 e. The fraction of sp³-hybridized carbons (Fsp3) is 0.111. The lowest BCUT2D eigenvalue weighted by Gasteiger charge is -1.87. The van der Waals surface area contributed by atoms with Crippen molar-refractivity contribution >= 4 is 37.7 Å². The molecule has 0 saturated heterocycles. The maximum absolute atomic E-state index is 5.66. The molecule has 0 unspecified atom stereocenters. The molecule has 1 aromatic carbocycles. The number of anilines is 1. The minimum absolute atomic E-state index is 0.591. The second-order valence-corrected chi connectivity index (χ2v) is 4.21. The third kappa shape index (κ3) is 0.927. The predicted octanol–water partition coefficient (Wildman–Crippen LogP) is 2.06. The summed E-state index contributed by atoms with van der Waals surface area (Å²) in [5.41, 5.74) is 8.59. The number of nitrogens with one attached hydrogen (secondary N) is 1. The Morgan fingerprint density at radius 3 is 3.07 bits per heavy atom. The topological polar surface area (TPSA) is 67.6 Å². The molecule has 0 saturated carbocycles. The Balaban J connectivity index is 2.58. The molecule has 0 radical (unpaired) electrons. The minimum atomic E-state index is 0.591. The lowest BCUT2D eigenvalue weighted by Crippen LogP contribution is -1.78. The van der Waals surface area contributed by atoms with E-state index in [1.54, 1.807) is 0 Å². The average molecular weight is 204 g/mol. The first-order valence-corrected chi connectivity index (χ1v) is 5.07. The first-order chi connectivity index (χ1) is 6.74. The lowest BCUT2D eigenvalue weighted by molar-refractivity contribution is 1.17. The van der Waals surface area contributed by atoms with Gasteiger partial charge in [0.05, 0.1) is 15.7 Å². The second-order valence-electron chi connectivity index (χ2n) is 3.18. The zero-order valence-electron chi connectivity index (χ0n) is 7.53. The Kier molecular flexibility index (Phi) is 1.36. The number of hydrogen-bond donors (Lipinski definition) is 2. The molecule has 5 heteroatoms. The zero-order valence-corrected chi connectivity index (χ0v) is 8.35. The van der Waals surface area contributed by atoms with E-state index in [9.17, 15) is 0 Å². The molecule has 0 spiro atoms. The molecule has 3 aromatic rings. The van der Waals surface area contributed by atoms with Crippen molar-refractivity contribution in [1.82, 2.24) is 15.0 Å². The van der Waals surface area contributed by atoms with Gasteiger partial charge in [-0.15, -0.1) is 0 Å². The van der Waals surface area contributed by atoms with E-state index in [1.165, 1.54) is 11.3 Å². The lowest BCUT2D eigenvalue weighted by atomic mass is 10.3. The van der Waals surface area contributed by atoms with Gasteiger partial charge in [0, 0.05) is 0 Å². The van der Waals surface area contributed by atoms with Crippen molar-refractivity contribution < 1.29 is 0 Å². The van der Waals surface area contributed by atoms with Crippen LogP contribution in [0.2, 0.25) is 0 Å². The maximum atomic E-state index is 5.66. The highest BCUT2D eigenvalue weighted by Crippen LogP contribution is 2.29. The molecule has 4 nitrogen and oxygen atoms in total. The van der Waals surface area contributed by atoms with Crippen LogP contribution in [0.3, 0.4) is 0 Å². The van der Waals surface area contributed by atoms with E-state index in [0.717, 1.165) is 27.1 Å². The summed E-state index contributed by atoms with van der Waals surface area (Å²) in [5, 5.41) is 0.591. The Bertz CT molecular complexity index is 567. The molecule has 3 rings (SSSR count). The summed E-state index contributed by atoms with van der Waals surface area (Å²) in [6, 6.07) is 3.94. The summed E-state index contributed by atoms with van der Waals surface area (Å²) >= 11 is 1.48. The standard InChI is InChI=1S/C9H8N4S/c1-4-11-5-2-3-6-8(7(5)12-4)14-9(10)13-6/h2-3H,1H3,(H2,10,13)(H,11,12). The van der Waals surface area contributed by atoms with Gasteiger partial charge in [-0.05, 0) is 19.1 Å². The van der Waals surface area contributed by atoms with Crippen molar-refractivity contribution in [3.05, 3.63) is 18.0 Å². The van der Waals surface area contributed by atoms with Crippen LogP contribution in [0.4, 0.5) is 5.13 Å². The number of nitrogens with zero attached hydrogens (tertiary/aromatic N) is 2. The zero-order chi connectivity index (χ0) is 9.71. The maximum Gasteiger partial charge on any atom is 0.181 e. The van der Waals surface area contributed by atoms with Crippen LogP contribution < -0.4 is 5.73 Å². The molecule has 0 atom stereocenters. The Morgan fingerprint density at radius 2 is 2.21 bits per heavy atom. The molecule has 0 amide bonds. The molecule has 3 N–H and O–H groups in total. The van der Waals surface area contributed by atoms with Crippen molar-refractivity contribution in [3.8, 4) is 0 Å². The van der Waals surface area contributed by atoms with Crippen LogP contribution in [0.15, 0.2) is 12.1 Å². The summed E-state index contributed by atoms with van der Waals surface area (Å²) in [6.07, 6.45) is 0. The third-order valence-electron chi connectivity index (χ3n) is 2.14. The number of rotatable bonds is 0. The molecule has 14 heavy (non-hydrogen) atoms. The third-order valence-corrected chi connectivity index (χ3v) is 3.05. The molecule has 0 bridgehead atoms. The van der Waals surface area contributed by atoms with E-state index in [-0.39, 0.29) is 0 Å². The number of H-pyrrole nitrogens is 1. The summed E-state index contributed by atoms with van der Waals surface area (Å²) in [4.78, 5) is 11.8. The quantitative estimate of drug-likeness (QED) is 0.589. The van der Waals surface area contributed by atoms with Gasteiger partial charge in [-0.2, -0.15) is 0 Å². The van der Waals surface area contributed by atoms with Crippen LogP contribution in [-0.2, 0) is 0 Å². The molecule has 2 heterocycles. The van der Waals surface area contributed by atoms with Gasteiger partial charge < -0.3 is 10.7 Å². The Hall–Kier alpha value is -1.62. The summed E-state index contributed by atoms with van der Waals surface area (Å²) in [6.45, 7) is 1.94. The highest BCUT2D eigenvalue weighted by molar-refractivity contribution is 7.22. The van der Waals surface area contributed by atoms with Gasteiger partial charge in [-0.1, -0.05) is 11.3 Å². The van der Waals surface area contributed by atoms with Gasteiger partial charge in [-0.25, -0.2) is 9.97 Å². The molecule has 0 aliphatic rings. The van der Waals surface area contributed by atoms with Crippen LogP contribution in [0.5, 0.6) is 0 Å². The number of hydrogen-bond acceptors (Lipinski definition) is 4.